The number of nitrogens with one attached hydrogen (secondary N) is 1. The van der Waals surface area contributed by atoms with Crippen molar-refractivity contribution in [2.24, 2.45) is 0 Å². The maximum atomic E-state index is 10.1. The molecule has 1 saturated carbocycles. The van der Waals surface area contributed by atoms with E-state index in [9.17, 15) is 5.11 Å². The van der Waals surface area contributed by atoms with Crippen LogP contribution in [0.2, 0.25) is 0 Å². The number of nitrogens with zero attached hydrogens (tertiary/aromatic N) is 1. The monoisotopic (exact) mass is 226 g/mol. The summed E-state index contributed by atoms with van der Waals surface area (Å²) in [7, 11) is 0. The molecule has 0 saturated heterocycles. The van der Waals surface area contributed by atoms with Gasteiger partial charge in [-0.15, -0.1) is 11.3 Å². The lowest BCUT2D eigenvalue weighted by Crippen LogP contribution is -2.37. The highest BCUT2D eigenvalue weighted by atomic mass is 32.1. The minimum Gasteiger partial charge on any atom is -0.389 e. The lowest BCUT2D eigenvalue weighted by atomic mass is 10.0. The van der Waals surface area contributed by atoms with Crippen molar-refractivity contribution < 1.29 is 5.11 Å². The van der Waals surface area contributed by atoms with Gasteiger partial charge < -0.3 is 10.4 Å². The van der Waals surface area contributed by atoms with Crippen LogP contribution in [0.4, 0.5) is 0 Å². The normalized spacial score (nSPS) is 19.6. The molecule has 2 rings (SSSR count). The van der Waals surface area contributed by atoms with Crippen LogP contribution in [0.15, 0.2) is 5.38 Å². The van der Waals surface area contributed by atoms with Gasteiger partial charge in [0.05, 0.1) is 5.60 Å². The van der Waals surface area contributed by atoms with E-state index in [0.717, 1.165) is 42.9 Å². The minimum absolute atomic E-state index is 0.452. The van der Waals surface area contributed by atoms with Gasteiger partial charge in [0.1, 0.15) is 5.01 Å². The van der Waals surface area contributed by atoms with E-state index >= 15 is 0 Å². The van der Waals surface area contributed by atoms with Crippen LogP contribution in [0.1, 0.15) is 36.4 Å². The molecule has 0 aliphatic heterocycles. The molecule has 0 atom stereocenters. The fourth-order valence-electron chi connectivity index (χ4n) is 2.10. The van der Waals surface area contributed by atoms with Crippen LogP contribution < -0.4 is 5.32 Å². The topological polar surface area (TPSA) is 45.1 Å². The second-order valence-electron chi connectivity index (χ2n) is 4.42. The van der Waals surface area contributed by atoms with Crippen molar-refractivity contribution in [3.05, 3.63) is 16.1 Å². The molecule has 1 heterocycles. The van der Waals surface area contributed by atoms with E-state index in [1.807, 2.05) is 6.92 Å². The van der Waals surface area contributed by atoms with Crippen molar-refractivity contribution in [3.8, 4) is 0 Å². The van der Waals surface area contributed by atoms with Crippen molar-refractivity contribution in [1.29, 1.82) is 0 Å². The van der Waals surface area contributed by atoms with Gasteiger partial charge in [0.25, 0.3) is 0 Å². The lowest BCUT2D eigenvalue weighted by molar-refractivity contribution is 0.0475. The Labute approximate surface area is 94.5 Å². The van der Waals surface area contributed by atoms with E-state index < -0.39 is 5.60 Å². The summed E-state index contributed by atoms with van der Waals surface area (Å²) in [5, 5.41) is 16.6. The van der Waals surface area contributed by atoms with Gasteiger partial charge in [-0.2, -0.15) is 0 Å². The van der Waals surface area contributed by atoms with E-state index in [0.29, 0.717) is 6.54 Å². The summed E-state index contributed by atoms with van der Waals surface area (Å²) in [6.07, 6.45) is 4.21. The Bertz CT molecular complexity index is 318. The molecule has 0 amide bonds. The van der Waals surface area contributed by atoms with Crippen molar-refractivity contribution >= 4 is 11.3 Å². The number of thiazole rings is 1. The Kier molecular flexibility index (Phi) is 3.38. The fourth-order valence-corrected chi connectivity index (χ4v) is 2.84. The summed E-state index contributed by atoms with van der Waals surface area (Å²) in [5.74, 6) is 0. The number of hydrogen-bond donors (Lipinski definition) is 2. The first-order valence-corrected chi connectivity index (χ1v) is 6.40. The highest BCUT2D eigenvalue weighted by molar-refractivity contribution is 7.09. The first kappa shape index (κ1) is 11.0. The maximum absolute atomic E-state index is 10.1. The number of rotatable bonds is 4. The third-order valence-electron chi connectivity index (χ3n) is 2.93. The molecule has 1 aromatic heterocycles. The number of aryl methyl sites for hydroxylation is 1. The quantitative estimate of drug-likeness (QED) is 0.823. The van der Waals surface area contributed by atoms with Crippen molar-refractivity contribution in [2.45, 2.75) is 44.8 Å². The molecule has 1 aliphatic carbocycles. The summed E-state index contributed by atoms with van der Waals surface area (Å²) in [6.45, 7) is 3.48. The smallest absolute Gasteiger partial charge is 0.107 e. The highest BCUT2D eigenvalue weighted by Gasteiger charge is 2.30. The summed E-state index contributed by atoms with van der Waals surface area (Å²) in [4.78, 5) is 4.37. The third kappa shape index (κ3) is 3.00. The fraction of sp³-hybridized carbons (Fsp3) is 0.727. The molecule has 1 aromatic rings. The molecule has 3 nitrogen and oxygen atoms in total. The molecule has 4 heteroatoms. The molecular formula is C11H18N2OS. The van der Waals surface area contributed by atoms with Crippen molar-refractivity contribution in [3.63, 3.8) is 0 Å². The predicted octanol–water partition coefficient (Wildman–Crippen LogP) is 1.85. The number of aromatic nitrogens is 1. The van der Waals surface area contributed by atoms with Crippen LogP contribution in [0.25, 0.3) is 0 Å². The molecule has 0 radical (unpaired) electrons. The average molecular weight is 226 g/mol. The van der Waals surface area contributed by atoms with Crippen molar-refractivity contribution in [2.75, 3.05) is 6.54 Å². The van der Waals surface area contributed by atoms with E-state index in [-0.39, 0.29) is 0 Å². The largest absolute Gasteiger partial charge is 0.389 e. The number of hydrogen-bond acceptors (Lipinski definition) is 4. The van der Waals surface area contributed by atoms with Crippen LogP contribution >= 0.6 is 11.3 Å². The predicted molar refractivity (Wildman–Crippen MR) is 62.0 cm³/mol. The molecule has 0 aromatic carbocycles. The Balaban J connectivity index is 1.75. The van der Waals surface area contributed by atoms with Crippen LogP contribution in [-0.2, 0) is 6.54 Å². The van der Waals surface area contributed by atoms with E-state index in [2.05, 4.69) is 15.7 Å². The molecule has 1 aliphatic rings. The van der Waals surface area contributed by atoms with E-state index in [1.54, 1.807) is 11.3 Å². The summed E-state index contributed by atoms with van der Waals surface area (Å²) >= 11 is 1.68. The zero-order valence-corrected chi connectivity index (χ0v) is 9.94. The third-order valence-corrected chi connectivity index (χ3v) is 3.90. The SMILES string of the molecule is Cc1csc(CNCC2(O)CCCC2)n1. The zero-order chi connectivity index (χ0) is 10.7. The second-order valence-corrected chi connectivity index (χ2v) is 5.36. The van der Waals surface area contributed by atoms with Crippen LogP contribution in [0.5, 0.6) is 0 Å². The number of aliphatic hydroxyl groups is 1. The highest BCUT2D eigenvalue weighted by Crippen LogP contribution is 2.28. The molecular weight excluding hydrogens is 208 g/mol. The maximum Gasteiger partial charge on any atom is 0.107 e. The van der Waals surface area contributed by atoms with Crippen molar-refractivity contribution in [1.82, 2.24) is 10.3 Å². The van der Waals surface area contributed by atoms with Gasteiger partial charge in [-0.05, 0) is 19.8 Å². The van der Waals surface area contributed by atoms with Gasteiger partial charge in [-0.25, -0.2) is 4.98 Å². The molecule has 0 spiro atoms. The van der Waals surface area contributed by atoms with E-state index in [1.165, 1.54) is 0 Å². The summed E-state index contributed by atoms with van der Waals surface area (Å²) in [6, 6.07) is 0. The molecule has 15 heavy (non-hydrogen) atoms. The van der Waals surface area contributed by atoms with Gasteiger partial charge in [0.15, 0.2) is 0 Å². The first-order valence-electron chi connectivity index (χ1n) is 5.52. The molecule has 84 valence electrons. The van der Waals surface area contributed by atoms with E-state index in [4.69, 9.17) is 0 Å². The van der Waals surface area contributed by atoms with Gasteiger partial charge in [-0.1, -0.05) is 12.8 Å². The molecule has 0 unspecified atom stereocenters. The van der Waals surface area contributed by atoms with Crippen LogP contribution in [0, 0.1) is 6.92 Å². The summed E-state index contributed by atoms with van der Waals surface area (Å²) < 4.78 is 0. The standard InChI is InChI=1S/C11H18N2OS/c1-9-7-15-10(13-9)6-12-8-11(14)4-2-3-5-11/h7,12,14H,2-6,8H2,1H3. The summed E-state index contributed by atoms with van der Waals surface area (Å²) in [5.41, 5.74) is 0.628. The molecule has 1 fully saturated rings. The Morgan fingerprint density at radius 3 is 2.87 bits per heavy atom. The van der Waals surface area contributed by atoms with Gasteiger partial charge in [0.2, 0.25) is 0 Å². The second kappa shape index (κ2) is 4.60. The average Bonchev–Trinajstić information content (AvgIpc) is 2.76. The lowest BCUT2D eigenvalue weighted by Gasteiger charge is -2.21. The molecule has 0 bridgehead atoms. The molecule has 2 N–H and O–H groups in total. The van der Waals surface area contributed by atoms with Crippen LogP contribution in [0.3, 0.4) is 0 Å². The van der Waals surface area contributed by atoms with Gasteiger partial charge in [0, 0.05) is 24.2 Å². The zero-order valence-electron chi connectivity index (χ0n) is 9.12. The van der Waals surface area contributed by atoms with Crippen LogP contribution in [-0.4, -0.2) is 22.2 Å². The Hall–Kier alpha value is -0.450. The Morgan fingerprint density at radius 1 is 1.53 bits per heavy atom. The Morgan fingerprint density at radius 2 is 2.27 bits per heavy atom. The van der Waals surface area contributed by atoms with Gasteiger partial charge >= 0.3 is 0 Å². The first-order chi connectivity index (χ1) is 7.18. The minimum atomic E-state index is -0.452. The van der Waals surface area contributed by atoms with Gasteiger partial charge in [-0.3, -0.25) is 0 Å².